The molecule has 0 spiro atoms. The van der Waals surface area contributed by atoms with E-state index in [4.69, 9.17) is 0 Å². The van der Waals surface area contributed by atoms with Crippen LogP contribution in [-0.2, 0) is 14.6 Å². The van der Waals surface area contributed by atoms with Gasteiger partial charge in [-0.1, -0.05) is 219 Å². The van der Waals surface area contributed by atoms with Crippen LogP contribution in [0.25, 0.3) is 0 Å². The second-order valence-corrected chi connectivity index (χ2v) is 14.8. The first-order valence-corrected chi connectivity index (χ1v) is 21.1. The molecule has 0 heterocycles. The zero-order valence-corrected chi connectivity index (χ0v) is 33.6. The molecule has 0 aliphatic heterocycles. The summed E-state index contributed by atoms with van der Waals surface area (Å²) in [6, 6.07) is 0. The molecule has 0 fully saturated rings. The first kappa shape index (κ1) is 47.7. The van der Waals surface area contributed by atoms with E-state index in [1.165, 1.54) is 193 Å². The van der Waals surface area contributed by atoms with Gasteiger partial charge in [-0.05, 0) is 19.3 Å². The standard InChI is InChI=1S/C39H78O4S.Na/c1-3-5-7-9-11-13-15-17-19-20-21-23-25-27-29-31-33-35-37-39(38-43-44(40,41)42)36-34-32-30-28-26-24-22-18-16-14-12-10-8-6-4-2;/h34,36,39H,3-33,35,37-38H2,1-2H3,(H,40,41,42);/q;+1/p-1/b36-34+;. The van der Waals surface area contributed by atoms with Gasteiger partial charge in [-0.3, -0.25) is 4.18 Å². The van der Waals surface area contributed by atoms with Gasteiger partial charge in [0.1, 0.15) is 0 Å². The van der Waals surface area contributed by atoms with Crippen molar-refractivity contribution in [3.05, 3.63) is 12.2 Å². The molecular formula is C39H77NaO4S. The first-order chi connectivity index (χ1) is 21.5. The van der Waals surface area contributed by atoms with Crippen molar-refractivity contribution in [1.29, 1.82) is 0 Å². The number of hydrogen-bond acceptors (Lipinski definition) is 4. The molecule has 0 aromatic rings. The Morgan fingerprint density at radius 2 is 0.778 bits per heavy atom. The monoisotopic (exact) mass is 665 g/mol. The van der Waals surface area contributed by atoms with Crippen LogP contribution < -0.4 is 29.6 Å². The van der Waals surface area contributed by atoms with Crippen molar-refractivity contribution < 1.29 is 46.7 Å². The van der Waals surface area contributed by atoms with Crippen molar-refractivity contribution in [2.45, 2.75) is 226 Å². The second kappa shape index (κ2) is 39.1. The zero-order chi connectivity index (χ0) is 32.2. The fraction of sp³-hybridized carbons (Fsp3) is 0.949. The minimum absolute atomic E-state index is 0. The third kappa shape index (κ3) is 42.6. The second-order valence-electron chi connectivity index (χ2n) is 13.7. The Balaban J connectivity index is 0. The van der Waals surface area contributed by atoms with E-state index in [1.54, 1.807) is 0 Å². The molecule has 4 nitrogen and oxygen atoms in total. The molecule has 0 bridgehead atoms. The van der Waals surface area contributed by atoms with Gasteiger partial charge in [0, 0.05) is 5.92 Å². The summed E-state index contributed by atoms with van der Waals surface area (Å²) < 4.78 is 37.6. The normalized spacial score (nSPS) is 12.6. The maximum atomic E-state index is 11.0. The molecule has 0 N–H and O–H groups in total. The molecule has 0 rings (SSSR count). The Morgan fingerprint density at radius 1 is 0.489 bits per heavy atom. The Hall–Kier alpha value is 0.610. The summed E-state index contributed by atoms with van der Waals surface area (Å²) in [6.07, 6.45) is 48.2. The van der Waals surface area contributed by atoms with Crippen molar-refractivity contribution in [2.75, 3.05) is 6.61 Å². The number of unbranched alkanes of at least 4 members (excludes halogenated alkanes) is 30. The molecule has 1 unspecified atom stereocenters. The molecule has 0 amide bonds. The molecule has 6 heteroatoms. The van der Waals surface area contributed by atoms with E-state index < -0.39 is 10.4 Å². The van der Waals surface area contributed by atoms with E-state index in [-0.39, 0.29) is 42.1 Å². The van der Waals surface area contributed by atoms with Gasteiger partial charge in [-0.15, -0.1) is 0 Å². The van der Waals surface area contributed by atoms with Gasteiger partial charge in [0.15, 0.2) is 0 Å². The summed E-state index contributed by atoms with van der Waals surface area (Å²) in [7, 11) is -4.63. The quantitative estimate of drug-likeness (QED) is 0.0218. The van der Waals surface area contributed by atoms with Crippen molar-refractivity contribution in [1.82, 2.24) is 0 Å². The number of rotatable bonds is 37. The minimum Gasteiger partial charge on any atom is -0.726 e. The van der Waals surface area contributed by atoms with Crippen LogP contribution in [0.3, 0.4) is 0 Å². The maximum absolute atomic E-state index is 11.0. The fourth-order valence-corrected chi connectivity index (χ4v) is 6.62. The van der Waals surface area contributed by atoms with E-state index in [1.807, 2.05) is 0 Å². The topological polar surface area (TPSA) is 66.4 Å². The molecule has 0 aromatic heterocycles. The van der Waals surface area contributed by atoms with Gasteiger partial charge in [-0.25, -0.2) is 8.42 Å². The smallest absolute Gasteiger partial charge is 0.726 e. The fourth-order valence-electron chi connectivity index (χ4n) is 6.28. The summed E-state index contributed by atoms with van der Waals surface area (Å²) in [5.41, 5.74) is 0. The summed E-state index contributed by atoms with van der Waals surface area (Å²) in [4.78, 5) is 0. The molecule has 45 heavy (non-hydrogen) atoms. The van der Waals surface area contributed by atoms with Gasteiger partial charge >= 0.3 is 29.6 Å². The predicted octanol–water partition coefficient (Wildman–Crippen LogP) is 10.6. The third-order valence-corrected chi connectivity index (χ3v) is 9.66. The molecular weight excluding hydrogens is 587 g/mol. The third-order valence-electron chi connectivity index (χ3n) is 9.24. The van der Waals surface area contributed by atoms with E-state index in [2.05, 4.69) is 30.2 Å². The van der Waals surface area contributed by atoms with E-state index in [9.17, 15) is 13.0 Å². The van der Waals surface area contributed by atoms with E-state index in [0.717, 1.165) is 19.3 Å². The van der Waals surface area contributed by atoms with Crippen molar-refractivity contribution in [2.24, 2.45) is 5.92 Å². The molecule has 0 aliphatic rings. The number of hydrogen-bond donors (Lipinski definition) is 0. The van der Waals surface area contributed by atoms with Crippen LogP contribution in [0.4, 0.5) is 0 Å². The van der Waals surface area contributed by atoms with Crippen LogP contribution in [0.1, 0.15) is 226 Å². The van der Waals surface area contributed by atoms with Crippen LogP contribution in [0.5, 0.6) is 0 Å². The summed E-state index contributed by atoms with van der Waals surface area (Å²) in [5.74, 6) is 0.0155. The van der Waals surface area contributed by atoms with E-state index in [0.29, 0.717) is 0 Å². The summed E-state index contributed by atoms with van der Waals surface area (Å²) in [5, 5.41) is 0. The summed E-state index contributed by atoms with van der Waals surface area (Å²) in [6.45, 7) is 4.54. The largest absolute Gasteiger partial charge is 1.00 e. The van der Waals surface area contributed by atoms with Gasteiger partial charge in [-0.2, -0.15) is 0 Å². The van der Waals surface area contributed by atoms with Gasteiger partial charge in [0.25, 0.3) is 0 Å². The number of allylic oxidation sites excluding steroid dienone is 1. The van der Waals surface area contributed by atoms with Crippen LogP contribution >= 0.6 is 0 Å². The molecule has 0 aliphatic carbocycles. The van der Waals surface area contributed by atoms with E-state index >= 15 is 0 Å². The molecule has 0 saturated carbocycles. The Morgan fingerprint density at radius 3 is 1.09 bits per heavy atom. The molecule has 0 saturated heterocycles. The predicted molar refractivity (Wildman–Crippen MR) is 192 cm³/mol. The van der Waals surface area contributed by atoms with Gasteiger partial charge in [0.05, 0.1) is 6.61 Å². The zero-order valence-electron chi connectivity index (χ0n) is 30.8. The van der Waals surface area contributed by atoms with Gasteiger partial charge in [0.2, 0.25) is 10.4 Å². The van der Waals surface area contributed by atoms with Gasteiger partial charge < -0.3 is 4.55 Å². The van der Waals surface area contributed by atoms with Crippen LogP contribution in [0.2, 0.25) is 0 Å². The van der Waals surface area contributed by atoms with Crippen molar-refractivity contribution in [3.8, 4) is 0 Å². The van der Waals surface area contributed by atoms with Crippen molar-refractivity contribution >= 4 is 10.4 Å². The van der Waals surface area contributed by atoms with Crippen molar-refractivity contribution in [3.63, 3.8) is 0 Å². The Kier molecular flexibility index (Phi) is 41.4. The molecule has 0 aromatic carbocycles. The molecule has 0 radical (unpaired) electrons. The average Bonchev–Trinajstić information content (AvgIpc) is 3.00. The van der Waals surface area contributed by atoms with Crippen LogP contribution in [0, 0.1) is 5.92 Å². The molecule has 264 valence electrons. The SMILES string of the molecule is CCCCCCCCCCCCCCC/C=C/C(CCCCCCCCCCCCCCCCCCCC)COS(=O)(=O)[O-].[Na+]. The first-order valence-electron chi connectivity index (χ1n) is 19.8. The average molecular weight is 665 g/mol. The molecule has 1 atom stereocenters. The minimum atomic E-state index is -4.63. The Bertz CT molecular complexity index is 683. The van der Waals surface area contributed by atoms with Crippen LogP contribution in [0.15, 0.2) is 12.2 Å². The maximum Gasteiger partial charge on any atom is 1.00 e. The Labute approximate surface area is 305 Å². The summed E-state index contributed by atoms with van der Waals surface area (Å²) >= 11 is 0. The van der Waals surface area contributed by atoms with Crippen LogP contribution in [-0.4, -0.2) is 19.6 Å².